The smallest absolute Gasteiger partial charge is 0.280 e. The number of allylic oxidation sites excluding steroid dienone is 2. The molecule has 156 valence electrons. The van der Waals surface area contributed by atoms with Crippen molar-refractivity contribution >= 4 is 23.7 Å². The Balaban J connectivity index is 1.26. The number of imide groups is 1. The van der Waals surface area contributed by atoms with Crippen LogP contribution < -0.4 is 0 Å². The number of nitro benzene ring substituents is 1. The van der Waals surface area contributed by atoms with Crippen LogP contribution in [0.4, 0.5) is 5.69 Å². The molecule has 0 N–H and O–H groups in total. The number of hydrazone groups is 1. The first-order chi connectivity index (χ1) is 14.9. The molecule has 2 aromatic rings. The molecule has 2 saturated carbocycles. The number of aryl methyl sites for hydroxylation is 1. The molecular weight excluding hydrogens is 398 g/mol. The summed E-state index contributed by atoms with van der Waals surface area (Å²) in [5.74, 6) is 0.922. The molecule has 1 aliphatic heterocycles. The molecule has 5 aliphatic rings. The van der Waals surface area contributed by atoms with Crippen molar-refractivity contribution in [3.63, 3.8) is 0 Å². The van der Waals surface area contributed by atoms with Crippen molar-refractivity contribution in [3.8, 4) is 11.3 Å². The van der Waals surface area contributed by atoms with Gasteiger partial charge in [-0.25, -0.2) is 0 Å². The van der Waals surface area contributed by atoms with Gasteiger partial charge in [0.1, 0.15) is 11.5 Å². The van der Waals surface area contributed by atoms with Gasteiger partial charge in [-0.3, -0.25) is 19.7 Å². The molecule has 3 fully saturated rings. The molecule has 2 heterocycles. The molecule has 1 aromatic heterocycles. The highest BCUT2D eigenvalue weighted by atomic mass is 16.6. The molecule has 0 radical (unpaired) electrons. The summed E-state index contributed by atoms with van der Waals surface area (Å²) in [5, 5.41) is 16.5. The number of furan rings is 1. The van der Waals surface area contributed by atoms with Crippen LogP contribution in [0, 0.1) is 52.5 Å². The minimum absolute atomic E-state index is 0.0478. The van der Waals surface area contributed by atoms with Crippen LogP contribution in [0.1, 0.15) is 17.7 Å². The lowest BCUT2D eigenvalue weighted by atomic mass is 9.63. The molecule has 0 spiro atoms. The number of amides is 2. The summed E-state index contributed by atoms with van der Waals surface area (Å²) in [6, 6.07) is 8.13. The fourth-order valence-corrected chi connectivity index (χ4v) is 5.74. The number of nitrogens with zero attached hydrogens (tertiary/aromatic N) is 3. The Bertz CT molecular complexity index is 1180. The van der Waals surface area contributed by atoms with Gasteiger partial charge >= 0.3 is 0 Å². The maximum Gasteiger partial charge on any atom is 0.280 e. The van der Waals surface area contributed by atoms with Crippen molar-refractivity contribution in [2.24, 2.45) is 40.6 Å². The Labute approximate surface area is 177 Å². The van der Waals surface area contributed by atoms with Crippen molar-refractivity contribution in [2.45, 2.75) is 13.3 Å². The number of nitro groups is 1. The second kappa shape index (κ2) is 6.23. The Kier molecular flexibility index (Phi) is 3.66. The van der Waals surface area contributed by atoms with Crippen LogP contribution in [0.5, 0.6) is 0 Å². The highest BCUT2D eigenvalue weighted by molar-refractivity contribution is 6.06. The van der Waals surface area contributed by atoms with E-state index in [9.17, 15) is 19.7 Å². The molecule has 6 atom stereocenters. The number of hydrogen-bond acceptors (Lipinski definition) is 6. The van der Waals surface area contributed by atoms with Crippen LogP contribution in [-0.4, -0.2) is 28.0 Å². The van der Waals surface area contributed by atoms with Gasteiger partial charge in [-0.2, -0.15) is 10.1 Å². The minimum Gasteiger partial charge on any atom is -0.455 e. The first-order valence-corrected chi connectivity index (χ1v) is 10.4. The van der Waals surface area contributed by atoms with Gasteiger partial charge in [-0.05, 0) is 60.8 Å². The van der Waals surface area contributed by atoms with Crippen LogP contribution in [0.3, 0.4) is 0 Å². The number of rotatable bonds is 4. The van der Waals surface area contributed by atoms with E-state index in [4.69, 9.17) is 4.42 Å². The number of carbonyl (C=O) groups excluding carboxylic acids is 2. The average Bonchev–Trinajstić information content (AvgIpc) is 3.39. The predicted octanol–water partition coefficient (Wildman–Crippen LogP) is 3.55. The first kappa shape index (κ1) is 18.2. The summed E-state index contributed by atoms with van der Waals surface area (Å²) in [6.45, 7) is 1.78. The summed E-state index contributed by atoms with van der Waals surface area (Å²) < 4.78 is 5.71. The van der Waals surface area contributed by atoms with E-state index in [1.165, 1.54) is 12.3 Å². The van der Waals surface area contributed by atoms with Gasteiger partial charge in [0.25, 0.3) is 17.5 Å². The fraction of sp³-hybridized carbons (Fsp3) is 0.348. The number of benzene rings is 1. The van der Waals surface area contributed by atoms with Gasteiger partial charge in [-0.1, -0.05) is 18.2 Å². The van der Waals surface area contributed by atoms with Crippen LogP contribution in [0.15, 0.2) is 52.0 Å². The van der Waals surface area contributed by atoms with Gasteiger partial charge < -0.3 is 4.42 Å². The lowest BCUT2D eigenvalue weighted by molar-refractivity contribution is -0.384. The molecule has 0 unspecified atom stereocenters. The van der Waals surface area contributed by atoms with E-state index in [0.717, 1.165) is 17.0 Å². The minimum atomic E-state index is -0.450. The second-order valence-corrected chi connectivity index (χ2v) is 8.87. The lowest BCUT2D eigenvalue weighted by Gasteiger charge is -2.37. The molecule has 8 nitrogen and oxygen atoms in total. The van der Waals surface area contributed by atoms with Crippen molar-refractivity contribution in [2.75, 3.05) is 0 Å². The summed E-state index contributed by atoms with van der Waals surface area (Å²) >= 11 is 0. The molecule has 1 saturated heterocycles. The highest BCUT2D eigenvalue weighted by Gasteiger charge is 2.67. The topological polar surface area (TPSA) is 106 Å². The summed E-state index contributed by atoms with van der Waals surface area (Å²) in [4.78, 5) is 36.8. The zero-order valence-electron chi connectivity index (χ0n) is 16.7. The average molecular weight is 417 g/mol. The molecular formula is C23H19N3O5. The van der Waals surface area contributed by atoms with Crippen molar-refractivity contribution < 1.29 is 18.9 Å². The van der Waals surface area contributed by atoms with Gasteiger partial charge in [0.2, 0.25) is 0 Å². The fourth-order valence-electron chi connectivity index (χ4n) is 5.74. The van der Waals surface area contributed by atoms with Gasteiger partial charge in [0.15, 0.2) is 0 Å². The Hall–Kier alpha value is -3.55. The normalized spacial score (nSPS) is 32.6. The summed E-state index contributed by atoms with van der Waals surface area (Å²) in [5.41, 5.74) is 1.09. The van der Waals surface area contributed by atoms with E-state index < -0.39 is 4.92 Å². The molecule has 31 heavy (non-hydrogen) atoms. The maximum absolute atomic E-state index is 13.0. The van der Waals surface area contributed by atoms with Gasteiger partial charge in [-0.15, -0.1) is 0 Å². The SMILES string of the molecule is Cc1ccc(-c2ccc(C=NN3C(=O)[C@@H]4[C@H]5C=C[C@@H]([C@@H]6C[C@@H]56)[C@@H]4C3=O)o2)c([N+](=O)[O-])c1. The van der Waals surface area contributed by atoms with Crippen LogP contribution in [0.2, 0.25) is 0 Å². The third kappa shape index (κ3) is 2.57. The lowest BCUT2D eigenvalue weighted by Crippen LogP contribution is -2.40. The number of carbonyl (C=O) groups is 2. The highest BCUT2D eigenvalue weighted by Crippen LogP contribution is 2.65. The maximum atomic E-state index is 13.0. The van der Waals surface area contributed by atoms with Crippen molar-refractivity contribution in [3.05, 3.63) is 63.9 Å². The Morgan fingerprint density at radius 2 is 1.77 bits per heavy atom. The standard InChI is InChI=1S/C23H19N3O5/c1-11-2-4-15(18(8-11)26(29)30)19-7-3-12(31-19)10-24-25-22(27)20-13-5-6-14(17-9-16(13)17)21(20)23(25)28/h2-8,10,13-14,16-17,20-21H,9H2,1H3/t13-,14-,16-,17-,20-,21+/m0/s1. The quantitative estimate of drug-likeness (QED) is 0.249. The van der Waals surface area contributed by atoms with E-state index in [1.54, 1.807) is 31.2 Å². The molecule has 8 heteroatoms. The molecule has 1 aromatic carbocycles. The molecule has 2 amide bonds. The molecule has 2 bridgehead atoms. The van der Waals surface area contributed by atoms with Gasteiger partial charge in [0, 0.05) is 6.07 Å². The van der Waals surface area contributed by atoms with Crippen molar-refractivity contribution in [1.29, 1.82) is 0 Å². The van der Waals surface area contributed by atoms with Crippen LogP contribution >= 0.6 is 0 Å². The van der Waals surface area contributed by atoms with Gasteiger partial charge in [0.05, 0.1) is 28.5 Å². The Morgan fingerprint density at radius 1 is 1.10 bits per heavy atom. The first-order valence-electron chi connectivity index (χ1n) is 10.4. The second-order valence-electron chi connectivity index (χ2n) is 8.87. The van der Waals surface area contributed by atoms with E-state index in [1.807, 2.05) is 0 Å². The largest absolute Gasteiger partial charge is 0.455 e. The third-order valence-electron chi connectivity index (χ3n) is 7.18. The van der Waals surface area contributed by atoms with Crippen LogP contribution in [0.25, 0.3) is 11.3 Å². The van der Waals surface area contributed by atoms with E-state index in [0.29, 0.717) is 28.9 Å². The number of hydrogen-bond donors (Lipinski definition) is 0. The molecule has 7 rings (SSSR count). The monoisotopic (exact) mass is 417 g/mol. The van der Waals surface area contributed by atoms with Crippen molar-refractivity contribution in [1.82, 2.24) is 5.01 Å². The molecule has 4 aliphatic carbocycles. The predicted molar refractivity (Wildman–Crippen MR) is 110 cm³/mol. The summed E-state index contributed by atoms with van der Waals surface area (Å²) in [6.07, 6.45) is 6.67. The zero-order valence-corrected chi connectivity index (χ0v) is 16.7. The zero-order chi connectivity index (χ0) is 21.4. The van der Waals surface area contributed by atoms with Crippen LogP contribution in [-0.2, 0) is 9.59 Å². The van der Waals surface area contributed by atoms with E-state index >= 15 is 0 Å². The van der Waals surface area contributed by atoms with E-state index in [-0.39, 0.29) is 41.2 Å². The van der Waals surface area contributed by atoms with E-state index in [2.05, 4.69) is 17.3 Å². The summed E-state index contributed by atoms with van der Waals surface area (Å²) in [7, 11) is 0. The Morgan fingerprint density at radius 3 is 2.42 bits per heavy atom. The third-order valence-corrected chi connectivity index (χ3v) is 7.18.